The molecule has 0 atom stereocenters. The molecule has 0 aliphatic carbocycles. The molecule has 1 N–H and O–H groups in total. The summed E-state index contributed by atoms with van der Waals surface area (Å²) in [4.78, 5) is 36.9. The van der Waals surface area contributed by atoms with Gasteiger partial charge in [0.2, 0.25) is 11.8 Å². The van der Waals surface area contributed by atoms with E-state index < -0.39 is 0 Å². The van der Waals surface area contributed by atoms with Gasteiger partial charge in [-0.15, -0.1) is 0 Å². The Morgan fingerprint density at radius 1 is 1.00 bits per heavy atom. The number of Topliss-reactive ketones (excluding diaryl/α,β-unsaturated/α-hetero) is 1. The van der Waals surface area contributed by atoms with Crippen molar-refractivity contribution >= 4 is 29.0 Å². The van der Waals surface area contributed by atoms with Gasteiger partial charge in [0.25, 0.3) is 0 Å². The molecule has 0 bridgehead atoms. The van der Waals surface area contributed by atoms with Crippen LogP contribution in [0.25, 0.3) is 0 Å². The fourth-order valence-corrected chi connectivity index (χ4v) is 2.27. The van der Waals surface area contributed by atoms with Crippen molar-refractivity contribution in [2.24, 2.45) is 0 Å². The molecule has 5 heteroatoms. The second-order valence-corrected chi connectivity index (χ2v) is 5.63. The molecule has 0 saturated carbocycles. The third-order valence-corrected chi connectivity index (χ3v) is 3.58. The number of ketones is 1. The van der Waals surface area contributed by atoms with Crippen LogP contribution in [0.3, 0.4) is 0 Å². The van der Waals surface area contributed by atoms with E-state index in [1.165, 1.54) is 18.7 Å². The van der Waals surface area contributed by atoms with Crippen molar-refractivity contribution in [3.8, 4) is 0 Å². The number of aryl methyl sites for hydroxylation is 1. The van der Waals surface area contributed by atoms with Gasteiger partial charge in [-0.2, -0.15) is 0 Å². The van der Waals surface area contributed by atoms with Crippen LogP contribution in [-0.2, 0) is 9.59 Å². The summed E-state index contributed by atoms with van der Waals surface area (Å²) in [5, 5.41) is 2.72. The normalized spacial score (nSPS) is 10.1. The minimum Gasteiger partial charge on any atom is -0.325 e. The van der Waals surface area contributed by atoms with Gasteiger partial charge in [0.1, 0.15) is 6.54 Å². The number of benzene rings is 2. The van der Waals surface area contributed by atoms with E-state index in [4.69, 9.17) is 0 Å². The smallest absolute Gasteiger partial charge is 0.244 e. The van der Waals surface area contributed by atoms with Crippen molar-refractivity contribution in [1.29, 1.82) is 0 Å². The van der Waals surface area contributed by atoms with Crippen molar-refractivity contribution < 1.29 is 14.4 Å². The van der Waals surface area contributed by atoms with E-state index >= 15 is 0 Å². The Kier molecular flexibility index (Phi) is 5.47. The van der Waals surface area contributed by atoms with Crippen LogP contribution in [0.1, 0.15) is 29.8 Å². The highest BCUT2D eigenvalue weighted by molar-refractivity contribution is 6.02. The highest BCUT2D eigenvalue weighted by atomic mass is 16.2. The lowest BCUT2D eigenvalue weighted by atomic mass is 10.1. The number of carbonyl (C=O) groups excluding carboxylic acids is 3. The van der Waals surface area contributed by atoms with Crippen molar-refractivity contribution in [3.63, 3.8) is 0 Å². The maximum atomic E-state index is 12.3. The van der Waals surface area contributed by atoms with Gasteiger partial charge in [-0.25, -0.2) is 0 Å². The first-order valence-corrected chi connectivity index (χ1v) is 7.62. The van der Waals surface area contributed by atoms with E-state index in [1.54, 1.807) is 36.4 Å². The first-order valence-electron chi connectivity index (χ1n) is 7.62. The van der Waals surface area contributed by atoms with Crippen LogP contribution in [0, 0.1) is 6.92 Å². The minimum atomic E-state index is -0.327. The predicted molar refractivity (Wildman–Crippen MR) is 94.3 cm³/mol. The molecule has 5 nitrogen and oxygen atoms in total. The van der Waals surface area contributed by atoms with Gasteiger partial charge >= 0.3 is 0 Å². The van der Waals surface area contributed by atoms with E-state index in [1.807, 2.05) is 19.1 Å². The molecule has 0 aromatic heterocycles. The Labute approximate surface area is 141 Å². The van der Waals surface area contributed by atoms with Gasteiger partial charge in [0, 0.05) is 23.9 Å². The number of hydrogen-bond donors (Lipinski definition) is 1. The Morgan fingerprint density at radius 2 is 1.67 bits per heavy atom. The van der Waals surface area contributed by atoms with Gasteiger partial charge in [-0.1, -0.05) is 29.8 Å². The lowest BCUT2D eigenvalue weighted by Crippen LogP contribution is -2.36. The van der Waals surface area contributed by atoms with E-state index in [0.29, 0.717) is 16.9 Å². The van der Waals surface area contributed by atoms with Gasteiger partial charge in [-0.05, 0) is 38.1 Å². The topological polar surface area (TPSA) is 66.5 Å². The van der Waals surface area contributed by atoms with Crippen molar-refractivity contribution in [2.45, 2.75) is 20.8 Å². The Bertz CT molecular complexity index is 766. The summed E-state index contributed by atoms with van der Waals surface area (Å²) in [5.74, 6) is -0.617. The third kappa shape index (κ3) is 4.52. The molecule has 124 valence electrons. The van der Waals surface area contributed by atoms with E-state index in [-0.39, 0.29) is 24.1 Å². The summed E-state index contributed by atoms with van der Waals surface area (Å²) < 4.78 is 0. The Hall–Kier alpha value is -2.95. The molecule has 0 aliphatic rings. The molecule has 2 amide bonds. The lowest BCUT2D eigenvalue weighted by Gasteiger charge is -2.21. The van der Waals surface area contributed by atoms with Crippen LogP contribution >= 0.6 is 0 Å². The van der Waals surface area contributed by atoms with Gasteiger partial charge in [0.15, 0.2) is 5.78 Å². The second-order valence-electron chi connectivity index (χ2n) is 5.63. The molecule has 0 fully saturated rings. The third-order valence-electron chi connectivity index (χ3n) is 3.58. The maximum absolute atomic E-state index is 12.3. The first kappa shape index (κ1) is 17.4. The largest absolute Gasteiger partial charge is 0.325 e. The lowest BCUT2D eigenvalue weighted by molar-refractivity contribution is -0.120. The summed E-state index contributed by atoms with van der Waals surface area (Å²) in [6.45, 7) is 4.75. The number of hydrogen-bond acceptors (Lipinski definition) is 3. The van der Waals surface area contributed by atoms with Crippen molar-refractivity contribution in [3.05, 3.63) is 59.7 Å². The number of nitrogens with zero attached hydrogens (tertiary/aromatic N) is 1. The zero-order valence-electron chi connectivity index (χ0n) is 14.0. The average Bonchev–Trinajstić information content (AvgIpc) is 2.53. The van der Waals surface area contributed by atoms with Crippen LogP contribution in [0.5, 0.6) is 0 Å². The SMILES string of the molecule is CC(=O)c1cccc(NC(=O)CN(C(C)=O)c2ccc(C)cc2)c1. The fourth-order valence-electron chi connectivity index (χ4n) is 2.27. The number of anilines is 2. The van der Waals surface area contributed by atoms with E-state index in [2.05, 4.69) is 5.32 Å². The molecule has 2 aromatic carbocycles. The van der Waals surface area contributed by atoms with Crippen LogP contribution in [0.15, 0.2) is 48.5 Å². The van der Waals surface area contributed by atoms with Gasteiger partial charge in [0.05, 0.1) is 0 Å². The van der Waals surface area contributed by atoms with Crippen LogP contribution in [-0.4, -0.2) is 24.1 Å². The summed E-state index contributed by atoms with van der Waals surface area (Å²) in [6.07, 6.45) is 0. The highest BCUT2D eigenvalue weighted by Gasteiger charge is 2.16. The number of amides is 2. The maximum Gasteiger partial charge on any atom is 0.244 e. The molecule has 0 heterocycles. The number of rotatable bonds is 5. The van der Waals surface area contributed by atoms with Crippen LogP contribution in [0.4, 0.5) is 11.4 Å². The molecular weight excluding hydrogens is 304 g/mol. The molecule has 24 heavy (non-hydrogen) atoms. The summed E-state index contributed by atoms with van der Waals surface area (Å²) >= 11 is 0. The minimum absolute atomic E-state index is 0.0730. The Balaban J connectivity index is 2.11. The second kappa shape index (κ2) is 7.55. The number of carbonyl (C=O) groups is 3. The van der Waals surface area contributed by atoms with Crippen molar-refractivity contribution in [2.75, 3.05) is 16.8 Å². The molecule has 0 aliphatic heterocycles. The van der Waals surface area contributed by atoms with E-state index in [9.17, 15) is 14.4 Å². The molecule has 2 rings (SSSR count). The molecular formula is C19H20N2O3. The zero-order chi connectivity index (χ0) is 17.7. The zero-order valence-corrected chi connectivity index (χ0v) is 14.0. The standard InChI is InChI=1S/C19H20N2O3/c1-13-7-9-18(10-8-13)21(15(3)23)12-19(24)20-17-6-4-5-16(11-17)14(2)22/h4-11H,12H2,1-3H3,(H,20,24). The fraction of sp³-hybridized carbons (Fsp3) is 0.211. The predicted octanol–water partition coefficient (Wildman–Crippen LogP) is 3.19. The monoisotopic (exact) mass is 324 g/mol. The molecule has 0 radical (unpaired) electrons. The van der Waals surface area contributed by atoms with Crippen LogP contribution < -0.4 is 10.2 Å². The van der Waals surface area contributed by atoms with Crippen LogP contribution in [0.2, 0.25) is 0 Å². The quantitative estimate of drug-likeness (QED) is 0.859. The number of nitrogens with one attached hydrogen (secondary N) is 1. The van der Waals surface area contributed by atoms with E-state index in [0.717, 1.165) is 5.56 Å². The summed E-state index contributed by atoms with van der Waals surface area (Å²) in [5.41, 5.74) is 2.79. The van der Waals surface area contributed by atoms with Gasteiger partial charge < -0.3 is 10.2 Å². The van der Waals surface area contributed by atoms with Gasteiger partial charge in [-0.3, -0.25) is 14.4 Å². The molecule has 0 spiro atoms. The first-order chi connectivity index (χ1) is 11.4. The average molecular weight is 324 g/mol. The summed E-state index contributed by atoms with van der Waals surface area (Å²) in [7, 11) is 0. The Morgan fingerprint density at radius 3 is 2.25 bits per heavy atom. The van der Waals surface area contributed by atoms with Crippen molar-refractivity contribution in [1.82, 2.24) is 0 Å². The molecule has 2 aromatic rings. The summed E-state index contributed by atoms with van der Waals surface area (Å²) in [6, 6.07) is 14.1. The molecule has 0 saturated heterocycles. The highest BCUT2D eigenvalue weighted by Crippen LogP contribution is 2.16. The molecule has 0 unspecified atom stereocenters.